The Kier molecular flexibility index (Phi) is 8.42. The van der Waals surface area contributed by atoms with Gasteiger partial charge in [0.25, 0.3) is 0 Å². The van der Waals surface area contributed by atoms with Gasteiger partial charge in [-0.25, -0.2) is 15.0 Å². The van der Waals surface area contributed by atoms with E-state index >= 15 is 0 Å². The van der Waals surface area contributed by atoms with Crippen LogP contribution in [0.5, 0.6) is 0 Å². The summed E-state index contributed by atoms with van der Waals surface area (Å²) in [6.45, 7) is 0. The molecule has 0 N–H and O–H groups in total. The lowest BCUT2D eigenvalue weighted by atomic mass is 9.97. The smallest absolute Gasteiger partial charge is 0.164 e. The van der Waals surface area contributed by atoms with E-state index in [1.165, 1.54) is 43.8 Å². The summed E-state index contributed by atoms with van der Waals surface area (Å²) < 4.78 is 4.93. The van der Waals surface area contributed by atoms with Crippen molar-refractivity contribution in [1.29, 1.82) is 0 Å². The molecule has 9 aromatic carbocycles. The summed E-state index contributed by atoms with van der Waals surface area (Å²) in [5.74, 6) is 1.91. The molecule has 62 heavy (non-hydrogen) atoms. The third kappa shape index (κ3) is 5.90. The van der Waals surface area contributed by atoms with E-state index in [0.717, 1.165) is 50.1 Å². The van der Waals surface area contributed by atoms with Crippen LogP contribution in [0.4, 0.5) is 0 Å². The van der Waals surface area contributed by atoms with Gasteiger partial charge in [-0.05, 0) is 65.2 Å². The van der Waals surface area contributed by atoms with E-state index in [9.17, 15) is 0 Å². The Hall–Kier alpha value is -8.41. The third-order valence-corrected chi connectivity index (χ3v) is 12.0. The summed E-state index contributed by atoms with van der Waals surface area (Å²) in [4.78, 5) is 15.0. The lowest BCUT2D eigenvalue weighted by Crippen LogP contribution is -2.01. The molecule has 5 nitrogen and oxygen atoms in total. The topological polar surface area (TPSA) is 48.5 Å². The number of hydrogen-bond acceptors (Lipinski definition) is 3. The van der Waals surface area contributed by atoms with Crippen molar-refractivity contribution < 1.29 is 0 Å². The molecule has 0 aliphatic heterocycles. The zero-order chi connectivity index (χ0) is 41.0. The van der Waals surface area contributed by atoms with E-state index in [2.05, 4.69) is 173 Å². The molecule has 0 spiro atoms. The summed E-state index contributed by atoms with van der Waals surface area (Å²) >= 11 is 0. The van der Waals surface area contributed by atoms with E-state index in [4.69, 9.17) is 15.0 Å². The molecule has 0 saturated carbocycles. The molecule has 3 heterocycles. The number of fused-ring (bicyclic) bond motifs is 7. The van der Waals surface area contributed by atoms with Crippen molar-refractivity contribution >= 4 is 43.6 Å². The summed E-state index contributed by atoms with van der Waals surface area (Å²) in [5, 5.41) is 4.80. The average Bonchev–Trinajstić information content (AvgIpc) is 3.88. The Morgan fingerprint density at radius 3 is 1.21 bits per heavy atom. The van der Waals surface area contributed by atoms with Gasteiger partial charge in [0.15, 0.2) is 17.5 Å². The van der Waals surface area contributed by atoms with Crippen LogP contribution < -0.4 is 0 Å². The van der Waals surface area contributed by atoms with E-state index in [-0.39, 0.29) is 0 Å². The highest BCUT2D eigenvalue weighted by Crippen LogP contribution is 2.44. The highest BCUT2D eigenvalue weighted by molar-refractivity contribution is 6.24. The molecular formula is C57H37N5. The first-order chi connectivity index (χ1) is 30.8. The standard InChI is InChI=1S/C57H37N5/c1-5-17-38(18-6-1)43-31-36-52(49(37-43)39-19-7-2-8-20-39)62-51-28-16-14-26-46(51)48-35-34-47-45-25-13-15-27-50(45)61(53(47)54(48)62)44-32-29-42(30-33-44)57-59-55(40-21-9-3-10-22-40)58-56(60-57)41-23-11-4-12-24-41/h1-37H. The third-order valence-electron chi connectivity index (χ3n) is 12.0. The average molecular weight is 792 g/mol. The van der Waals surface area contributed by atoms with E-state index in [1.54, 1.807) is 0 Å². The van der Waals surface area contributed by atoms with E-state index in [0.29, 0.717) is 17.5 Å². The van der Waals surface area contributed by atoms with Crippen LogP contribution in [0.1, 0.15) is 0 Å². The quantitative estimate of drug-likeness (QED) is 0.162. The van der Waals surface area contributed by atoms with Crippen LogP contribution in [0.25, 0.3) is 111 Å². The van der Waals surface area contributed by atoms with Gasteiger partial charge in [0, 0.05) is 49.5 Å². The first-order valence-electron chi connectivity index (χ1n) is 21.0. The van der Waals surface area contributed by atoms with Crippen LogP contribution in [-0.2, 0) is 0 Å². The van der Waals surface area contributed by atoms with Crippen molar-refractivity contribution in [2.45, 2.75) is 0 Å². The number of nitrogens with zero attached hydrogens (tertiary/aromatic N) is 5. The van der Waals surface area contributed by atoms with Crippen LogP contribution in [-0.4, -0.2) is 24.1 Å². The minimum atomic E-state index is 0.626. The SMILES string of the molecule is c1ccc(-c2ccc(-n3c4ccccc4c4ccc5c6ccccc6n(-c6ccc(-c7nc(-c8ccccc8)nc(-c8ccccc8)n7)cc6)c5c43)c(-c3ccccc3)c2)cc1. The molecule has 0 atom stereocenters. The van der Waals surface area contributed by atoms with Gasteiger partial charge in [-0.3, -0.25) is 0 Å². The maximum absolute atomic E-state index is 5.03. The zero-order valence-corrected chi connectivity index (χ0v) is 33.6. The molecule has 12 rings (SSSR count). The van der Waals surface area contributed by atoms with E-state index in [1.807, 2.05) is 60.7 Å². The minimum Gasteiger partial charge on any atom is -0.307 e. The Morgan fingerprint density at radius 2 is 0.677 bits per heavy atom. The predicted molar refractivity (Wildman–Crippen MR) is 256 cm³/mol. The number of para-hydroxylation sites is 2. The Bertz CT molecular complexity index is 3540. The van der Waals surface area contributed by atoms with Crippen LogP contribution in [0, 0.1) is 0 Å². The lowest BCUT2D eigenvalue weighted by molar-refractivity contribution is 1.07. The fraction of sp³-hybridized carbons (Fsp3) is 0. The van der Waals surface area contributed by atoms with Crippen molar-refractivity contribution in [2.75, 3.05) is 0 Å². The molecule has 0 fully saturated rings. The van der Waals surface area contributed by atoms with Crippen LogP contribution >= 0.6 is 0 Å². The maximum Gasteiger partial charge on any atom is 0.164 e. The van der Waals surface area contributed by atoms with Crippen molar-refractivity contribution in [2.24, 2.45) is 0 Å². The van der Waals surface area contributed by atoms with Crippen molar-refractivity contribution in [1.82, 2.24) is 24.1 Å². The van der Waals surface area contributed by atoms with Crippen LogP contribution in [0.3, 0.4) is 0 Å². The monoisotopic (exact) mass is 791 g/mol. The normalized spacial score (nSPS) is 11.5. The number of benzene rings is 9. The minimum absolute atomic E-state index is 0.626. The summed E-state index contributed by atoms with van der Waals surface area (Å²) in [5.41, 5.74) is 14.3. The largest absolute Gasteiger partial charge is 0.307 e. The highest BCUT2D eigenvalue weighted by Gasteiger charge is 2.23. The van der Waals surface area contributed by atoms with Gasteiger partial charge < -0.3 is 9.13 Å². The van der Waals surface area contributed by atoms with Gasteiger partial charge in [-0.1, -0.05) is 176 Å². The van der Waals surface area contributed by atoms with Gasteiger partial charge >= 0.3 is 0 Å². The summed E-state index contributed by atoms with van der Waals surface area (Å²) in [6, 6.07) is 79.4. The van der Waals surface area contributed by atoms with E-state index < -0.39 is 0 Å². The van der Waals surface area contributed by atoms with Gasteiger partial charge in [-0.15, -0.1) is 0 Å². The van der Waals surface area contributed by atoms with Crippen molar-refractivity contribution in [3.8, 4) is 67.8 Å². The summed E-state index contributed by atoms with van der Waals surface area (Å²) in [6.07, 6.45) is 0. The number of rotatable bonds is 7. The van der Waals surface area contributed by atoms with Gasteiger partial charge in [0.05, 0.1) is 27.8 Å². The molecule has 0 amide bonds. The molecule has 0 aliphatic rings. The molecule has 3 aromatic heterocycles. The van der Waals surface area contributed by atoms with Gasteiger partial charge in [0.2, 0.25) is 0 Å². The van der Waals surface area contributed by atoms with Gasteiger partial charge in [-0.2, -0.15) is 0 Å². The van der Waals surface area contributed by atoms with Crippen molar-refractivity contribution in [3.63, 3.8) is 0 Å². The Balaban J connectivity index is 1.10. The first kappa shape index (κ1) is 35.5. The molecule has 290 valence electrons. The molecule has 0 bridgehead atoms. The molecule has 0 unspecified atom stereocenters. The second kappa shape index (κ2) is 14.7. The van der Waals surface area contributed by atoms with Crippen LogP contribution in [0.15, 0.2) is 224 Å². The summed E-state index contributed by atoms with van der Waals surface area (Å²) in [7, 11) is 0. The number of hydrogen-bond donors (Lipinski definition) is 0. The van der Waals surface area contributed by atoms with Gasteiger partial charge in [0.1, 0.15) is 0 Å². The fourth-order valence-electron chi connectivity index (χ4n) is 9.11. The number of aromatic nitrogens is 5. The second-order valence-corrected chi connectivity index (χ2v) is 15.6. The first-order valence-corrected chi connectivity index (χ1v) is 21.0. The molecule has 5 heteroatoms. The fourth-order valence-corrected chi connectivity index (χ4v) is 9.11. The Morgan fingerprint density at radius 1 is 0.274 bits per heavy atom. The molecule has 0 aliphatic carbocycles. The molecule has 0 radical (unpaired) electrons. The predicted octanol–water partition coefficient (Wildman–Crippen LogP) is 14.4. The molecule has 0 saturated heterocycles. The highest BCUT2D eigenvalue weighted by atomic mass is 15.1. The zero-order valence-electron chi connectivity index (χ0n) is 33.6. The van der Waals surface area contributed by atoms with Crippen LogP contribution in [0.2, 0.25) is 0 Å². The maximum atomic E-state index is 5.03. The lowest BCUT2D eigenvalue weighted by Gasteiger charge is -2.17. The molecular weight excluding hydrogens is 755 g/mol. The Labute approximate surface area is 358 Å². The molecule has 12 aromatic rings. The second-order valence-electron chi connectivity index (χ2n) is 15.6. The van der Waals surface area contributed by atoms with Crippen molar-refractivity contribution in [3.05, 3.63) is 224 Å².